The number of likely N-dealkylation sites (N-methyl/N-ethyl adjacent to an activating group) is 1. The van der Waals surface area contributed by atoms with E-state index in [4.69, 9.17) is 0 Å². The molecule has 0 spiro atoms. The highest BCUT2D eigenvalue weighted by atomic mass is 16.1. The number of nitrogens with zero attached hydrogens (tertiary/aromatic N) is 1. The van der Waals surface area contributed by atoms with E-state index in [1.165, 1.54) is 0 Å². The van der Waals surface area contributed by atoms with Crippen molar-refractivity contribution in [3.63, 3.8) is 0 Å². The van der Waals surface area contributed by atoms with Crippen LogP contribution in [0.2, 0.25) is 0 Å². The number of carbonyl (C=O) groups is 1. The zero-order valence-electron chi connectivity index (χ0n) is 7.97. The van der Waals surface area contributed by atoms with Crippen molar-refractivity contribution in [2.45, 2.75) is 13.3 Å². The topological polar surface area (TPSA) is 32.3 Å². The van der Waals surface area contributed by atoms with E-state index >= 15 is 0 Å². The predicted octanol–water partition coefficient (Wildman–Crippen LogP) is 0.117. The zero-order chi connectivity index (χ0) is 8.97. The highest BCUT2D eigenvalue weighted by Crippen LogP contribution is 2.15. The fourth-order valence-electron chi connectivity index (χ4n) is 1.64. The average Bonchev–Trinajstić information content (AvgIpc) is 2.48. The average molecular weight is 170 g/mol. The van der Waals surface area contributed by atoms with Gasteiger partial charge in [0, 0.05) is 25.6 Å². The summed E-state index contributed by atoms with van der Waals surface area (Å²) in [5.41, 5.74) is 0. The van der Waals surface area contributed by atoms with Gasteiger partial charge in [-0.25, -0.2) is 0 Å². The van der Waals surface area contributed by atoms with Crippen molar-refractivity contribution >= 4 is 5.78 Å². The van der Waals surface area contributed by atoms with Crippen molar-refractivity contribution in [3.05, 3.63) is 0 Å². The van der Waals surface area contributed by atoms with Gasteiger partial charge in [-0.3, -0.25) is 4.79 Å². The van der Waals surface area contributed by atoms with Gasteiger partial charge in [-0.1, -0.05) is 0 Å². The lowest BCUT2D eigenvalue weighted by Gasteiger charge is -2.14. The van der Waals surface area contributed by atoms with Gasteiger partial charge in [-0.05, 0) is 26.9 Å². The maximum Gasteiger partial charge on any atom is 0.134 e. The molecule has 0 amide bonds. The van der Waals surface area contributed by atoms with Crippen LogP contribution in [-0.2, 0) is 4.79 Å². The molecule has 1 fully saturated rings. The Hall–Kier alpha value is -0.410. The van der Waals surface area contributed by atoms with Crippen LogP contribution in [0.15, 0.2) is 0 Å². The summed E-state index contributed by atoms with van der Waals surface area (Å²) < 4.78 is 0. The fraction of sp³-hybridized carbons (Fsp3) is 0.889. The van der Waals surface area contributed by atoms with Crippen LogP contribution in [0.1, 0.15) is 13.3 Å². The predicted molar refractivity (Wildman–Crippen MR) is 49.2 cm³/mol. The summed E-state index contributed by atoms with van der Waals surface area (Å²) in [6.45, 7) is 5.85. The van der Waals surface area contributed by atoms with E-state index in [1.54, 1.807) is 6.92 Å². The molecule has 0 aliphatic carbocycles. The van der Waals surface area contributed by atoms with Gasteiger partial charge >= 0.3 is 0 Å². The maximum absolute atomic E-state index is 11.0. The van der Waals surface area contributed by atoms with Gasteiger partial charge in [0.25, 0.3) is 0 Å². The second-order valence-corrected chi connectivity index (χ2v) is 3.50. The molecule has 1 aliphatic heterocycles. The summed E-state index contributed by atoms with van der Waals surface area (Å²) >= 11 is 0. The Morgan fingerprint density at radius 1 is 1.67 bits per heavy atom. The third kappa shape index (κ3) is 2.57. The van der Waals surface area contributed by atoms with Crippen LogP contribution in [0.3, 0.4) is 0 Å². The number of carbonyl (C=O) groups excluding carboxylic acids is 1. The third-order valence-corrected chi connectivity index (χ3v) is 2.53. The lowest BCUT2D eigenvalue weighted by atomic mass is 10.1. The van der Waals surface area contributed by atoms with Gasteiger partial charge in [0.15, 0.2) is 0 Å². The number of ketones is 1. The molecule has 1 aliphatic rings. The van der Waals surface area contributed by atoms with Crippen LogP contribution in [0.5, 0.6) is 0 Å². The maximum atomic E-state index is 11.0. The Bertz CT molecular complexity index is 159. The summed E-state index contributed by atoms with van der Waals surface area (Å²) in [4.78, 5) is 13.4. The first-order chi connectivity index (χ1) is 5.74. The molecule has 0 saturated carbocycles. The minimum Gasteiger partial charge on any atom is -0.318 e. The molecule has 0 aromatic heterocycles. The van der Waals surface area contributed by atoms with Crippen molar-refractivity contribution < 1.29 is 4.79 Å². The van der Waals surface area contributed by atoms with E-state index in [1.807, 2.05) is 7.05 Å². The van der Waals surface area contributed by atoms with Crippen molar-refractivity contribution in [3.8, 4) is 0 Å². The number of nitrogens with one attached hydrogen (secondary N) is 1. The standard InChI is InChI=1S/C9H18N2O/c1-8(12)9-3-5-11(7-9)6-4-10-2/h9-10H,3-7H2,1-2H3. The fourth-order valence-corrected chi connectivity index (χ4v) is 1.64. The highest BCUT2D eigenvalue weighted by molar-refractivity contribution is 5.78. The first kappa shape index (κ1) is 9.68. The number of rotatable bonds is 4. The van der Waals surface area contributed by atoms with Gasteiger partial charge in [0.2, 0.25) is 0 Å². The Kier molecular flexibility index (Phi) is 3.69. The minimum absolute atomic E-state index is 0.307. The number of hydrogen-bond acceptors (Lipinski definition) is 3. The normalized spacial score (nSPS) is 24.7. The van der Waals surface area contributed by atoms with Gasteiger partial charge in [-0.15, -0.1) is 0 Å². The van der Waals surface area contributed by atoms with E-state index < -0.39 is 0 Å². The second kappa shape index (κ2) is 4.58. The van der Waals surface area contributed by atoms with Gasteiger partial charge < -0.3 is 10.2 Å². The number of likely N-dealkylation sites (tertiary alicyclic amines) is 1. The number of hydrogen-bond donors (Lipinski definition) is 1. The van der Waals surface area contributed by atoms with E-state index in [9.17, 15) is 4.79 Å². The summed E-state index contributed by atoms with van der Waals surface area (Å²) in [6.07, 6.45) is 1.05. The van der Waals surface area contributed by atoms with Crippen LogP contribution in [0, 0.1) is 5.92 Å². The summed E-state index contributed by atoms with van der Waals surface area (Å²) in [5, 5.41) is 3.11. The molecule has 1 heterocycles. The first-order valence-electron chi connectivity index (χ1n) is 4.61. The molecule has 1 rings (SSSR count). The minimum atomic E-state index is 0.307. The largest absolute Gasteiger partial charge is 0.318 e. The van der Waals surface area contributed by atoms with Gasteiger partial charge in [0.05, 0.1) is 0 Å². The monoisotopic (exact) mass is 170 g/mol. The lowest BCUT2D eigenvalue weighted by Crippen LogP contribution is -2.29. The molecule has 3 nitrogen and oxygen atoms in total. The van der Waals surface area contributed by atoms with E-state index in [2.05, 4.69) is 10.2 Å². The van der Waals surface area contributed by atoms with Crippen LogP contribution in [0.25, 0.3) is 0 Å². The molecular weight excluding hydrogens is 152 g/mol. The molecule has 0 aromatic rings. The molecule has 12 heavy (non-hydrogen) atoms. The van der Waals surface area contributed by atoms with Crippen LogP contribution in [0.4, 0.5) is 0 Å². The molecular formula is C9H18N2O. The summed E-state index contributed by atoms with van der Waals surface area (Å²) in [5.74, 6) is 0.656. The molecule has 0 radical (unpaired) electrons. The molecule has 1 atom stereocenters. The van der Waals surface area contributed by atoms with E-state index in [-0.39, 0.29) is 0 Å². The SMILES string of the molecule is CNCCN1CCC(C(C)=O)C1. The second-order valence-electron chi connectivity index (χ2n) is 3.50. The molecule has 1 saturated heterocycles. The Morgan fingerprint density at radius 3 is 2.92 bits per heavy atom. The highest BCUT2D eigenvalue weighted by Gasteiger charge is 2.24. The zero-order valence-corrected chi connectivity index (χ0v) is 7.97. The summed E-state index contributed by atoms with van der Waals surface area (Å²) in [7, 11) is 1.96. The first-order valence-corrected chi connectivity index (χ1v) is 4.61. The van der Waals surface area contributed by atoms with Crippen LogP contribution >= 0.6 is 0 Å². The smallest absolute Gasteiger partial charge is 0.134 e. The van der Waals surface area contributed by atoms with Crippen molar-refractivity contribution in [2.75, 3.05) is 33.2 Å². The van der Waals surface area contributed by atoms with Crippen molar-refractivity contribution in [2.24, 2.45) is 5.92 Å². The molecule has 0 bridgehead atoms. The Balaban J connectivity index is 2.21. The van der Waals surface area contributed by atoms with E-state index in [0.29, 0.717) is 11.7 Å². The van der Waals surface area contributed by atoms with Gasteiger partial charge in [0.1, 0.15) is 5.78 Å². The molecule has 1 N–H and O–H groups in total. The summed E-state index contributed by atoms with van der Waals surface area (Å²) in [6, 6.07) is 0. The lowest BCUT2D eigenvalue weighted by molar-refractivity contribution is -0.120. The van der Waals surface area contributed by atoms with Crippen molar-refractivity contribution in [1.82, 2.24) is 10.2 Å². The molecule has 1 unspecified atom stereocenters. The third-order valence-electron chi connectivity index (χ3n) is 2.53. The van der Waals surface area contributed by atoms with E-state index in [0.717, 1.165) is 32.6 Å². The van der Waals surface area contributed by atoms with Crippen LogP contribution < -0.4 is 5.32 Å². The molecule has 70 valence electrons. The molecule has 3 heteroatoms. The Labute approximate surface area is 74.1 Å². The van der Waals surface area contributed by atoms with Crippen LogP contribution in [-0.4, -0.2) is 43.9 Å². The van der Waals surface area contributed by atoms with Crippen molar-refractivity contribution in [1.29, 1.82) is 0 Å². The Morgan fingerprint density at radius 2 is 2.42 bits per heavy atom. The van der Waals surface area contributed by atoms with Gasteiger partial charge in [-0.2, -0.15) is 0 Å². The quantitative estimate of drug-likeness (QED) is 0.650. The molecule has 0 aromatic carbocycles. The number of Topliss-reactive ketones (excluding diaryl/α,β-unsaturated/α-hetero) is 1.